The van der Waals surface area contributed by atoms with Gasteiger partial charge < -0.3 is 11.1 Å². The fourth-order valence-corrected chi connectivity index (χ4v) is 2.12. The Morgan fingerprint density at radius 1 is 1.29 bits per heavy atom. The highest BCUT2D eigenvalue weighted by Gasteiger charge is 2.09. The van der Waals surface area contributed by atoms with Crippen LogP contribution in [0.4, 0.5) is 17.2 Å². The Balaban J connectivity index is 1.90. The molecule has 1 heterocycles. The number of rotatable bonds is 5. The lowest BCUT2D eigenvalue weighted by Crippen LogP contribution is -2.14. The third kappa shape index (κ3) is 4.14. The van der Waals surface area contributed by atoms with E-state index < -0.39 is 4.92 Å². The number of non-ortho nitro benzene ring substituents is 1. The van der Waals surface area contributed by atoms with Crippen molar-refractivity contribution in [2.24, 2.45) is 0 Å². The molecule has 0 aliphatic rings. The van der Waals surface area contributed by atoms with Crippen molar-refractivity contribution in [2.45, 2.75) is 5.03 Å². The van der Waals surface area contributed by atoms with Crippen LogP contribution in [0, 0.1) is 10.1 Å². The van der Waals surface area contributed by atoms with Crippen molar-refractivity contribution in [1.29, 1.82) is 0 Å². The van der Waals surface area contributed by atoms with Crippen LogP contribution in [-0.2, 0) is 4.79 Å². The van der Waals surface area contributed by atoms with Gasteiger partial charge in [0, 0.05) is 30.2 Å². The third-order valence-corrected chi connectivity index (χ3v) is 3.39. The summed E-state index contributed by atoms with van der Waals surface area (Å²) < 4.78 is 0. The number of nitrogens with two attached hydrogens (primary N) is 1. The summed E-state index contributed by atoms with van der Waals surface area (Å²) in [6.07, 6.45) is 2.96. The molecule has 2 aromatic rings. The van der Waals surface area contributed by atoms with Gasteiger partial charge in [0.25, 0.3) is 5.69 Å². The predicted molar refractivity (Wildman–Crippen MR) is 78.9 cm³/mol. The molecule has 1 aromatic heterocycles. The maximum Gasteiger partial charge on any atom is 0.269 e. The molecule has 9 heteroatoms. The highest BCUT2D eigenvalue weighted by molar-refractivity contribution is 8.00. The molecule has 0 spiro atoms. The number of nitrogens with zero attached hydrogens (tertiary/aromatic N) is 3. The first kappa shape index (κ1) is 14.7. The second kappa shape index (κ2) is 6.66. The molecular weight excluding hydrogens is 294 g/mol. The largest absolute Gasteiger partial charge is 0.381 e. The summed E-state index contributed by atoms with van der Waals surface area (Å²) in [5, 5.41) is 13.6. The third-order valence-electron chi connectivity index (χ3n) is 2.39. The fraction of sp³-hybridized carbons (Fsp3) is 0.0833. The molecule has 0 aliphatic carbocycles. The van der Waals surface area contributed by atoms with E-state index in [9.17, 15) is 14.9 Å². The van der Waals surface area contributed by atoms with Gasteiger partial charge in [0.2, 0.25) is 5.91 Å². The molecular formula is C12H11N5O3S. The van der Waals surface area contributed by atoms with Crippen molar-refractivity contribution < 1.29 is 9.72 Å². The Morgan fingerprint density at radius 2 is 1.95 bits per heavy atom. The molecule has 1 amide bonds. The van der Waals surface area contributed by atoms with Gasteiger partial charge in [0.05, 0.1) is 10.7 Å². The number of nitrogen functional groups attached to an aromatic ring is 1. The van der Waals surface area contributed by atoms with Crippen LogP contribution in [0.5, 0.6) is 0 Å². The van der Waals surface area contributed by atoms with Gasteiger partial charge in [-0.1, -0.05) is 11.8 Å². The van der Waals surface area contributed by atoms with Crippen LogP contribution in [0.1, 0.15) is 0 Å². The number of aromatic nitrogens is 2. The van der Waals surface area contributed by atoms with E-state index in [1.807, 2.05) is 0 Å². The van der Waals surface area contributed by atoms with Gasteiger partial charge in [0.15, 0.2) is 5.82 Å². The van der Waals surface area contributed by atoms with Crippen molar-refractivity contribution in [3.63, 3.8) is 0 Å². The number of carbonyl (C=O) groups is 1. The predicted octanol–water partition coefficient (Wildman–Crippen LogP) is 1.70. The van der Waals surface area contributed by atoms with Crippen LogP contribution in [-0.4, -0.2) is 26.6 Å². The van der Waals surface area contributed by atoms with Crippen molar-refractivity contribution in [1.82, 2.24) is 9.97 Å². The molecule has 21 heavy (non-hydrogen) atoms. The van der Waals surface area contributed by atoms with Gasteiger partial charge in [-0.3, -0.25) is 14.9 Å². The molecule has 108 valence electrons. The molecule has 0 atom stereocenters. The lowest BCUT2D eigenvalue weighted by Gasteiger charge is -2.05. The Morgan fingerprint density at radius 3 is 2.57 bits per heavy atom. The second-order valence-corrected chi connectivity index (χ2v) is 4.85. The summed E-state index contributed by atoms with van der Waals surface area (Å²) in [5.74, 6) is 0.115. The lowest BCUT2D eigenvalue weighted by molar-refractivity contribution is -0.384. The number of nitro benzene ring substituents is 1. The SMILES string of the molecule is Nc1nccnc1SCC(=O)Nc1ccc([N+](=O)[O-])cc1. The van der Waals surface area contributed by atoms with E-state index in [0.717, 1.165) is 11.8 Å². The van der Waals surface area contributed by atoms with Crippen LogP contribution < -0.4 is 11.1 Å². The van der Waals surface area contributed by atoms with Crippen LogP contribution >= 0.6 is 11.8 Å². The number of carbonyl (C=O) groups excluding carboxylic acids is 1. The van der Waals surface area contributed by atoms with Crippen LogP contribution in [0.25, 0.3) is 0 Å². The van der Waals surface area contributed by atoms with Gasteiger partial charge in [-0.15, -0.1) is 0 Å². The molecule has 3 N–H and O–H groups in total. The normalized spacial score (nSPS) is 10.1. The monoisotopic (exact) mass is 305 g/mol. The van der Waals surface area contributed by atoms with Crippen LogP contribution in [0.2, 0.25) is 0 Å². The van der Waals surface area contributed by atoms with Crippen LogP contribution in [0.15, 0.2) is 41.7 Å². The van der Waals surface area contributed by atoms with Gasteiger partial charge in [-0.2, -0.15) is 0 Å². The number of anilines is 2. The smallest absolute Gasteiger partial charge is 0.269 e. The number of thioether (sulfide) groups is 1. The quantitative estimate of drug-likeness (QED) is 0.489. The number of hydrogen-bond acceptors (Lipinski definition) is 7. The van der Waals surface area contributed by atoms with E-state index in [4.69, 9.17) is 5.73 Å². The maximum atomic E-state index is 11.8. The molecule has 0 saturated carbocycles. The van der Waals surface area contributed by atoms with Crippen molar-refractivity contribution >= 4 is 34.9 Å². The first-order valence-electron chi connectivity index (χ1n) is 5.80. The summed E-state index contributed by atoms with van der Waals surface area (Å²) in [7, 11) is 0. The van der Waals surface area contributed by atoms with E-state index in [1.54, 1.807) is 0 Å². The summed E-state index contributed by atoms with van der Waals surface area (Å²) in [4.78, 5) is 29.7. The highest BCUT2D eigenvalue weighted by Crippen LogP contribution is 2.20. The van der Waals surface area contributed by atoms with Crippen molar-refractivity contribution in [3.05, 3.63) is 46.8 Å². The molecule has 0 unspecified atom stereocenters. The first-order chi connectivity index (χ1) is 10.1. The lowest BCUT2D eigenvalue weighted by atomic mass is 10.3. The second-order valence-electron chi connectivity index (χ2n) is 3.89. The van der Waals surface area contributed by atoms with Gasteiger partial charge in [-0.25, -0.2) is 9.97 Å². The van der Waals surface area contributed by atoms with E-state index in [0.29, 0.717) is 10.7 Å². The molecule has 8 nitrogen and oxygen atoms in total. The number of nitro groups is 1. The summed E-state index contributed by atoms with van der Waals surface area (Å²) in [5.41, 5.74) is 6.07. The standard InChI is InChI=1S/C12H11N5O3S/c13-11-12(15-6-5-14-11)21-7-10(18)16-8-1-3-9(4-2-8)17(19)20/h1-6H,7H2,(H2,13,14)(H,16,18). The molecule has 0 fully saturated rings. The van der Waals surface area contributed by atoms with Gasteiger partial charge >= 0.3 is 0 Å². The molecule has 0 aliphatic heterocycles. The minimum Gasteiger partial charge on any atom is -0.381 e. The number of nitrogens with one attached hydrogen (secondary N) is 1. The Labute approximate surface area is 123 Å². The van der Waals surface area contributed by atoms with Crippen molar-refractivity contribution in [2.75, 3.05) is 16.8 Å². The summed E-state index contributed by atoms with van der Waals surface area (Å²) in [6.45, 7) is 0. The maximum absolute atomic E-state index is 11.8. The zero-order chi connectivity index (χ0) is 15.2. The minimum atomic E-state index is -0.502. The number of amides is 1. The fourth-order valence-electron chi connectivity index (χ4n) is 1.44. The molecule has 0 radical (unpaired) electrons. The van der Waals surface area contributed by atoms with E-state index in [1.165, 1.54) is 36.7 Å². The van der Waals surface area contributed by atoms with Gasteiger partial charge in [0.1, 0.15) is 5.03 Å². The first-order valence-corrected chi connectivity index (χ1v) is 6.78. The average Bonchev–Trinajstić information content (AvgIpc) is 2.47. The van der Waals surface area contributed by atoms with Gasteiger partial charge in [-0.05, 0) is 12.1 Å². The van der Waals surface area contributed by atoms with E-state index in [-0.39, 0.29) is 23.2 Å². The Kier molecular flexibility index (Phi) is 4.67. The molecule has 0 bridgehead atoms. The van der Waals surface area contributed by atoms with Crippen molar-refractivity contribution in [3.8, 4) is 0 Å². The van der Waals surface area contributed by atoms with E-state index >= 15 is 0 Å². The summed E-state index contributed by atoms with van der Waals surface area (Å²) in [6, 6.07) is 5.58. The zero-order valence-corrected chi connectivity index (χ0v) is 11.5. The van der Waals surface area contributed by atoms with E-state index in [2.05, 4.69) is 15.3 Å². The Bertz CT molecular complexity index is 662. The molecule has 0 saturated heterocycles. The molecule has 2 rings (SSSR count). The summed E-state index contributed by atoms with van der Waals surface area (Å²) >= 11 is 1.16. The number of hydrogen-bond donors (Lipinski definition) is 2. The Hall–Kier alpha value is -2.68. The highest BCUT2D eigenvalue weighted by atomic mass is 32.2. The average molecular weight is 305 g/mol. The zero-order valence-electron chi connectivity index (χ0n) is 10.7. The minimum absolute atomic E-state index is 0.0327. The van der Waals surface area contributed by atoms with Crippen LogP contribution in [0.3, 0.4) is 0 Å². The topological polar surface area (TPSA) is 124 Å². The number of benzene rings is 1. The molecule has 1 aromatic carbocycles.